The van der Waals surface area contributed by atoms with E-state index in [1.807, 2.05) is 39.1 Å². The molecule has 0 saturated carbocycles. The molecule has 3 rings (SSSR count). The molecule has 6 nitrogen and oxygen atoms in total. The van der Waals surface area contributed by atoms with Gasteiger partial charge in [0.25, 0.3) is 0 Å². The summed E-state index contributed by atoms with van der Waals surface area (Å²) in [6.45, 7) is 6.05. The summed E-state index contributed by atoms with van der Waals surface area (Å²) in [5.74, 6) is 0.461. The van der Waals surface area contributed by atoms with Crippen molar-refractivity contribution >= 4 is 22.8 Å². The van der Waals surface area contributed by atoms with Gasteiger partial charge in [0.2, 0.25) is 5.88 Å². The number of pyridine rings is 1. The third kappa shape index (κ3) is 1.89. The van der Waals surface area contributed by atoms with Crippen LogP contribution in [0.3, 0.4) is 0 Å². The molecule has 6 heteroatoms. The Morgan fingerprint density at radius 1 is 1.42 bits per heavy atom. The molecule has 0 spiro atoms. The number of nitrogens with zero attached hydrogens (tertiary/aromatic N) is 2. The molecule has 100 valence electrons. The molecule has 0 bridgehead atoms. The van der Waals surface area contributed by atoms with Crippen LogP contribution < -0.4 is 15.0 Å². The van der Waals surface area contributed by atoms with Crippen LogP contribution >= 0.6 is 0 Å². The first-order valence-electron chi connectivity index (χ1n) is 6.16. The first-order chi connectivity index (χ1) is 8.97. The summed E-state index contributed by atoms with van der Waals surface area (Å²) in [6, 6.07) is 3.67. The number of aromatic nitrogens is 2. The Kier molecular flexibility index (Phi) is 2.41. The highest BCUT2D eigenvalue weighted by molar-refractivity contribution is 5.97. The van der Waals surface area contributed by atoms with Gasteiger partial charge in [-0.1, -0.05) is 0 Å². The minimum absolute atomic E-state index is 0.123. The lowest BCUT2D eigenvalue weighted by molar-refractivity contribution is 0.229. The zero-order chi connectivity index (χ0) is 13.6. The van der Waals surface area contributed by atoms with Crippen LogP contribution in [0.2, 0.25) is 0 Å². The molecule has 2 aromatic heterocycles. The van der Waals surface area contributed by atoms with Crippen LogP contribution in [0.15, 0.2) is 18.3 Å². The average Bonchev–Trinajstić information content (AvgIpc) is 2.67. The predicted molar refractivity (Wildman–Crippen MR) is 72.4 cm³/mol. The van der Waals surface area contributed by atoms with E-state index in [1.165, 1.54) is 0 Å². The highest BCUT2D eigenvalue weighted by Crippen LogP contribution is 2.35. The van der Waals surface area contributed by atoms with E-state index in [0.717, 1.165) is 11.0 Å². The van der Waals surface area contributed by atoms with Crippen molar-refractivity contribution in [3.63, 3.8) is 0 Å². The number of amides is 2. The van der Waals surface area contributed by atoms with E-state index in [-0.39, 0.29) is 18.3 Å². The van der Waals surface area contributed by atoms with Crippen molar-refractivity contribution in [3.8, 4) is 5.88 Å². The van der Waals surface area contributed by atoms with Gasteiger partial charge in [-0.3, -0.25) is 4.90 Å². The standard InChI is InChI=1S/C13H16N4O2/c1-13(2,3)17-9-6-8-4-5-14-10(8)16-11(9)19-7-15-12(17)18/h4-6H,7H2,1-3H3,(H,14,16)(H,15,18). The van der Waals surface area contributed by atoms with Crippen LogP contribution in [-0.4, -0.2) is 28.3 Å². The summed E-state index contributed by atoms with van der Waals surface area (Å²) in [4.78, 5) is 21.3. The molecule has 0 radical (unpaired) electrons. The highest BCUT2D eigenvalue weighted by Gasteiger charge is 2.33. The number of hydrogen-bond donors (Lipinski definition) is 2. The van der Waals surface area contributed by atoms with Gasteiger partial charge in [0.05, 0.1) is 0 Å². The number of urea groups is 1. The number of aromatic amines is 1. The Labute approximate surface area is 110 Å². The second-order valence-electron chi connectivity index (χ2n) is 5.50. The summed E-state index contributed by atoms with van der Waals surface area (Å²) in [7, 11) is 0. The fourth-order valence-electron chi connectivity index (χ4n) is 2.24. The first-order valence-corrected chi connectivity index (χ1v) is 6.16. The smallest absolute Gasteiger partial charge is 0.325 e. The Morgan fingerprint density at radius 2 is 2.21 bits per heavy atom. The monoisotopic (exact) mass is 260 g/mol. The highest BCUT2D eigenvalue weighted by atomic mass is 16.5. The molecule has 0 fully saturated rings. The maximum atomic E-state index is 12.2. The summed E-state index contributed by atoms with van der Waals surface area (Å²) >= 11 is 0. The largest absolute Gasteiger partial charge is 0.455 e. The lowest BCUT2D eigenvalue weighted by Crippen LogP contribution is -2.50. The second kappa shape index (κ2) is 3.88. The molecule has 3 heterocycles. The molecular formula is C13H16N4O2. The van der Waals surface area contributed by atoms with Crippen LogP contribution in [0.5, 0.6) is 5.88 Å². The van der Waals surface area contributed by atoms with E-state index < -0.39 is 0 Å². The summed E-state index contributed by atoms with van der Waals surface area (Å²) in [6.07, 6.45) is 1.82. The number of fused-ring (bicyclic) bond motifs is 2. The van der Waals surface area contributed by atoms with Crippen molar-refractivity contribution in [2.45, 2.75) is 26.3 Å². The number of rotatable bonds is 0. The van der Waals surface area contributed by atoms with Gasteiger partial charge in [0, 0.05) is 17.1 Å². The van der Waals surface area contributed by atoms with E-state index in [1.54, 1.807) is 4.90 Å². The van der Waals surface area contributed by atoms with Gasteiger partial charge in [-0.2, -0.15) is 4.98 Å². The maximum absolute atomic E-state index is 12.2. The van der Waals surface area contributed by atoms with Gasteiger partial charge < -0.3 is 15.0 Å². The molecule has 19 heavy (non-hydrogen) atoms. The molecular weight excluding hydrogens is 244 g/mol. The third-order valence-corrected chi connectivity index (χ3v) is 3.03. The zero-order valence-electron chi connectivity index (χ0n) is 11.2. The molecule has 0 saturated heterocycles. The minimum Gasteiger partial charge on any atom is -0.455 e. The Bertz CT molecular complexity index is 642. The normalized spacial score (nSPS) is 15.7. The van der Waals surface area contributed by atoms with E-state index in [4.69, 9.17) is 4.74 Å². The zero-order valence-corrected chi connectivity index (χ0v) is 11.2. The van der Waals surface area contributed by atoms with Crippen LogP contribution in [0.4, 0.5) is 10.5 Å². The van der Waals surface area contributed by atoms with E-state index in [2.05, 4.69) is 15.3 Å². The summed E-state index contributed by atoms with van der Waals surface area (Å²) in [5, 5.41) is 3.66. The predicted octanol–water partition coefficient (Wildman–Crippen LogP) is 2.23. The van der Waals surface area contributed by atoms with Crippen molar-refractivity contribution in [1.82, 2.24) is 15.3 Å². The van der Waals surface area contributed by atoms with Crippen molar-refractivity contribution < 1.29 is 9.53 Å². The van der Waals surface area contributed by atoms with Gasteiger partial charge in [-0.15, -0.1) is 0 Å². The Hall–Kier alpha value is -2.24. The van der Waals surface area contributed by atoms with Crippen LogP contribution in [0.25, 0.3) is 11.0 Å². The quantitative estimate of drug-likeness (QED) is 0.763. The molecule has 2 aromatic rings. The number of nitrogens with one attached hydrogen (secondary N) is 2. The number of hydrogen-bond acceptors (Lipinski definition) is 3. The van der Waals surface area contributed by atoms with E-state index >= 15 is 0 Å². The lowest BCUT2D eigenvalue weighted by Gasteiger charge is -2.34. The molecule has 0 unspecified atom stereocenters. The molecule has 0 aromatic carbocycles. The fourth-order valence-corrected chi connectivity index (χ4v) is 2.24. The minimum atomic E-state index is -0.363. The van der Waals surface area contributed by atoms with E-state index in [0.29, 0.717) is 11.6 Å². The van der Waals surface area contributed by atoms with Gasteiger partial charge in [0.1, 0.15) is 11.3 Å². The van der Waals surface area contributed by atoms with Crippen molar-refractivity contribution in [1.29, 1.82) is 0 Å². The summed E-state index contributed by atoms with van der Waals surface area (Å²) < 4.78 is 5.52. The number of carbonyl (C=O) groups excluding carboxylic acids is 1. The van der Waals surface area contributed by atoms with Crippen LogP contribution in [-0.2, 0) is 0 Å². The molecule has 1 aliphatic heterocycles. The summed E-state index contributed by atoms with van der Waals surface area (Å²) in [5.41, 5.74) is 1.08. The molecule has 2 N–H and O–H groups in total. The van der Waals surface area contributed by atoms with Gasteiger partial charge in [0.15, 0.2) is 6.73 Å². The molecule has 0 aliphatic carbocycles. The van der Waals surface area contributed by atoms with Crippen molar-refractivity contribution in [2.75, 3.05) is 11.6 Å². The number of carbonyl (C=O) groups is 1. The maximum Gasteiger partial charge on any atom is 0.325 e. The number of ether oxygens (including phenoxy) is 1. The number of H-pyrrole nitrogens is 1. The van der Waals surface area contributed by atoms with Crippen LogP contribution in [0.1, 0.15) is 20.8 Å². The first kappa shape index (κ1) is 11.8. The van der Waals surface area contributed by atoms with Crippen LogP contribution in [0, 0.1) is 0 Å². The SMILES string of the molecule is CC(C)(C)N1C(=O)NCOc2nc3[nH]ccc3cc21. The third-order valence-electron chi connectivity index (χ3n) is 3.03. The topological polar surface area (TPSA) is 70.2 Å². The van der Waals surface area contributed by atoms with Gasteiger partial charge in [-0.05, 0) is 32.9 Å². The molecule has 0 atom stereocenters. The average molecular weight is 260 g/mol. The van der Waals surface area contributed by atoms with Crippen molar-refractivity contribution in [3.05, 3.63) is 18.3 Å². The lowest BCUT2D eigenvalue weighted by atomic mass is 10.1. The number of anilines is 1. The van der Waals surface area contributed by atoms with Crippen molar-refractivity contribution in [2.24, 2.45) is 0 Å². The van der Waals surface area contributed by atoms with Gasteiger partial charge in [-0.25, -0.2) is 4.79 Å². The second-order valence-corrected chi connectivity index (χ2v) is 5.50. The Morgan fingerprint density at radius 3 is 2.95 bits per heavy atom. The Balaban J connectivity index is 2.24. The molecule has 2 amide bonds. The van der Waals surface area contributed by atoms with E-state index in [9.17, 15) is 4.79 Å². The fraction of sp³-hybridized carbons (Fsp3) is 0.385. The van der Waals surface area contributed by atoms with Gasteiger partial charge >= 0.3 is 6.03 Å². The molecule has 1 aliphatic rings.